The zero-order valence-electron chi connectivity index (χ0n) is 8.92. The quantitative estimate of drug-likeness (QED) is 0.606. The van der Waals surface area contributed by atoms with Crippen molar-refractivity contribution in [3.63, 3.8) is 0 Å². The van der Waals surface area contributed by atoms with Crippen LogP contribution < -0.4 is 11.1 Å². The van der Waals surface area contributed by atoms with Crippen molar-refractivity contribution < 1.29 is 13.9 Å². The molecule has 0 atom stereocenters. The molecule has 5 heteroatoms. The van der Waals surface area contributed by atoms with Gasteiger partial charge in [-0.2, -0.15) is 0 Å². The molecule has 1 fully saturated rings. The van der Waals surface area contributed by atoms with E-state index in [0.29, 0.717) is 11.4 Å². The van der Waals surface area contributed by atoms with Crippen LogP contribution in [-0.4, -0.2) is 19.1 Å². The van der Waals surface area contributed by atoms with E-state index >= 15 is 0 Å². The number of hydrogen-bond acceptors (Lipinski definition) is 4. The highest BCUT2D eigenvalue weighted by Gasteiger charge is 2.26. The Morgan fingerprint density at radius 2 is 2.25 bits per heavy atom. The van der Waals surface area contributed by atoms with Crippen LogP contribution in [-0.2, 0) is 4.74 Å². The first-order chi connectivity index (χ1) is 7.63. The summed E-state index contributed by atoms with van der Waals surface area (Å²) in [5.41, 5.74) is 6.30. The topological polar surface area (TPSA) is 64.3 Å². The second-order valence-corrected chi connectivity index (χ2v) is 3.80. The third kappa shape index (κ3) is 1.93. The van der Waals surface area contributed by atoms with Gasteiger partial charge >= 0.3 is 5.97 Å². The van der Waals surface area contributed by atoms with Gasteiger partial charge < -0.3 is 15.8 Å². The van der Waals surface area contributed by atoms with E-state index in [9.17, 15) is 9.18 Å². The van der Waals surface area contributed by atoms with Crippen molar-refractivity contribution >= 4 is 17.3 Å². The van der Waals surface area contributed by atoms with Crippen LogP contribution in [0.5, 0.6) is 0 Å². The van der Waals surface area contributed by atoms with E-state index in [-0.39, 0.29) is 11.6 Å². The van der Waals surface area contributed by atoms with E-state index < -0.39 is 11.8 Å². The molecule has 0 amide bonds. The molecule has 1 saturated carbocycles. The summed E-state index contributed by atoms with van der Waals surface area (Å²) in [6.45, 7) is 0. The van der Waals surface area contributed by atoms with E-state index in [2.05, 4.69) is 10.1 Å². The fraction of sp³-hybridized carbons (Fsp3) is 0.364. The number of anilines is 2. The lowest BCUT2D eigenvalue weighted by Gasteiger charge is -2.13. The third-order valence-corrected chi connectivity index (χ3v) is 2.50. The number of nitrogen functional groups attached to an aromatic ring is 1. The fourth-order valence-electron chi connectivity index (χ4n) is 1.48. The van der Waals surface area contributed by atoms with Gasteiger partial charge in [0.15, 0.2) is 0 Å². The number of carbonyl (C=O) groups is 1. The number of nitrogens with two attached hydrogens (primary N) is 1. The minimum atomic E-state index is -0.715. The second-order valence-electron chi connectivity index (χ2n) is 3.80. The average molecular weight is 224 g/mol. The molecule has 1 aliphatic rings. The van der Waals surface area contributed by atoms with Gasteiger partial charge in [-0.05, 0) is 25.0 Å². The summed E-state index contributed by atoms with van der Waals surface area (Å²) in [7, 11) is 1.21. The summed E-state index contributed by atoms with van der Waals surface area (Å²) < 4.78 is 18.1. The Hall–Kier alpha value is -1.78. The molecule has 4 nitrogen and oxygen atoms in total. The summed E-state index contributed by atoms with van der Waals surface area (Å²) in [6.07, 6.45) is 2.02. The van der Waals surface area contributed by atoms with Crippen molar-refractivity contribution in [3.05, 3.63) is 23.5 Å². The highest BCUT2D eigenvalue weighted by Crippen LogP contribution is 2.32. The van der Waals surface area contributed by atoms with E-state index in [0.717, 1.165) is 12.8 Å². The van der Waals surface area contributed by atoms with Crippen LogP contribution in [0.3, 0.4) is 0 Å². The Bertz CT molecular complexity index is 430. The lowest BCUT2D eigenvalue weighted by molar-refractivity contribution is 0.0596. The summed E-state index contributed by atoms with van der Waals surface area (Å²) in [5.74, 6) is -1.34. The van der Waals surface area contributed by atoms with Crippen LogP contribution >= 0.6 is 0 Å². The Labute approximate surface area is 92.6 Å². The zero-order chi connectivity index (χ0) is 11.7. The Morgan fingerprint density at radius 1 is 1.56 bits per heavy atom. The largest absolute Gasteiger partial charge is 0.465 e. The molecule has 0 aliphatic heterocycles. The minimum Gasteiger partial charge on any atom is -0.465 e. The summed E-state index contributed by atoms with van der Waals surface area (Å²) >= 11 is 0. The molecular formula is C11H13FN2O2. The van der Waals surface area contributed by atoms with Gasteiger partial charge in [0.05, 0.1) is 18.5 Å². The minimum absolute atomic E-state index is 0.116. The van der Waals surface area contributed by atoms with Gasteiger partial charge in [0, 0.05) is 6.04 Å². The summed E-state index contributed by atoms with van der Waals surface area (Å²) in [5, 5.41) is 3.04. The van der Waals surface area contributed by atoms with Crippen LogP contribution in [0.2, 0.25) is 0 Å². The van der Waals surface area contributed by atoms with Gasteiger partial charge in [-0.1, -0.05) is 0 Å². The van der Waals surface area contributed by atoms with Gasteiger partial charge in [-0.3, -0.25) is 0 Å². The molecule has 1 aromatic carbocycles. The van der Waals surface area contributed by atoms with Crippen LogP contribution in [0.4, 0.5) is 15.8 Å². The van der Waals surface area contributed by atoms with E-state index in [1.807, 2.05) is 0 Å². The van der Waals surface area contributed by atoms with Gasteiger partial charge in [0.2, 0.25) is 0 Å². The Kier molecular flexibility index (Phi) is 2.68. The van der Waals surface area contributed by atoms with E-state index in [1.165, 1.54) is 19.2 Å². The maximum Gasteiger partial charge on any atom is 0.343 e. The molecule has 3 N–H and O–H groups in total. The summed E-state index contributed by atoms with van der Waals surface area (Å²) in [6, 6.07) is 2.89. The molecule has 16 heavy (non-hydrogen) atoms. The number of esters is 1. The number of carbonyl (C=O) groups excluding carboxylic acids is 1. The standard InChI is InChI=1S/C11H13FN2O2/c1-16-11(15)9-7(12)4-5-8(13)10(9)14-6-2-3-6/h4-6,14H,2-3,13H2,1H3. The monoisotopic (exact) mass is 224 g/mol. The lowest BCUT2D eigenvalue weighted by atomic mass is 10.1. The van der Waals surface area contributed by atoms with Crippen LogP contribution in [0.15, 0.2) is 12.1 Å². The predicted molar refractivity (Wildman–Crippen MR) is 58.8 cm³/mol. The number of nitrogens with one attached hydrogen (secondary N) is 1. The van der Waals surface area contributed by atoms with Crippen LogP contribution in [0, 0.1) is 5.82 Å². The molecule has 0 bridgehead atoms. The summed E-state index contributed by atoms with van der Waals surface area (Å²) in [4.78, 5) is 11.5. The first-order valence-corrected chi connectivity index (χ1v) is 5.06. The normalized spacial score (nSPS) is 14.6. The smallest absolute Gasteiger partial charge is 0.343 e. The molecule has 0 unspecified atom stereocenters. The van der Waals surface area contributed by atoms with Crippen LogP contribution in [0.1, 0.15) is 23.2 Å². The Balaban J connectivity index is 2.44. The number of ether oxygens (including phenoxy) is 1. The second kappa shape index (κ2) is 4.00. The molecule has 0 heterocycles. The van der Waals surface area contributed by atoms with Crippen molar-refractivity contribution in [3.8, 4) is 0 Å². The number of halogens is 1. The number of rotatable bonds is 3. The van der Waals surface area contributed by atoms with Crippen LogP contribution in [0.25, 0.3) is 0 Å². The van der Waals surface area contributed by atoms with Crippen molar-refractivity contribution in [1.82, 2.24) is 0 Å². The van der Waals surface area contributed by atoms with Crippen molar-refractivity contribution in [2.24, 2.45) is 0 Å². The van der Waals surface area contributed by atoms with Crippen molar-refractivity contribution in [1.29, 1.82) is 0 Å². The van der Waals surface area contributed by atoms with Gasteiger partial charge in [-0.25, -0.2) is 9.18 Å². The first-order valence-electron chi connectivity index (χ1n) is 5.06. The molecule has 86 valence electrons. The highest BCUT2D eigenvalue weighted by atomic mass is 19.1. The molecule has 0 aromatic heterocycles. The maximum atomic E-state index is 13.5. The number of hydrogen-bond donors (Lipinski definition) is 2. The number of benzene rings is 1. The average Bonchev–Trinajstić information content (AvgIpc) is 3.07. The number of methoxy groups -OCH3 is 1. The SMILES string of the molecule is COC(=O)c1c(F)ccc(N)c1NC1CC1. The van der Waals surface area contributed by atoms with Gasteiger partial charge in [0.1, 0.15) is 11.4 Å². The molecule has 0 spiro atoms. The predicted octanol–water partition coefficient (Wildman–Crippen LogP) is 1.77. The molecule has 0 saturated heterocycles. The van der Waals surface area contributed by atoms with Gasteiger partial charge in [0.25, 0.3) is 0 Å². The fourth-order valence-corrected chi connectivity index (χ4v) is 1.48. The molecular weight excluding hydrogens is 211 g/mol. The van der Waals surface area contributed by atoms with Crippen molar-refractivity contribution in [2.75, 3.05) is 18.2 Å². The van der Waals surface area contributed by atoms with Crippen molar-refractivity contribution in [2.45, 2.75) is 18.9 Å². The van der Waals surface area contributed by atoms with Gasteiger partial charge in [-0.15, -0.1) is 0 Å². The Morgan fingerprint density at radius 3 is 2.81 bits per heavy atom. The molecule has 1 aliphatic carbocycles. The molecule has 0 radical (unpaired) electrons. The zero-order valence-corrected chi connectivity index (χ0v) is 8.92. The molecule has 1 aromatic rings. The highest BCUT2D eigenvalue weighted by molar-refractivity contribution is 5.99. The maximum absolute atomic E-state index is 13.5. The van der Waals surface area contributed by atoms with E-state index in [4.69, 9.17) is 5.73 Å². The third-order valence-electron chi connectivity index (χ3n) is 2.50. The van der Waals surface area contributed by atoms with E-state index in [1.54, 1.807) is 0 Å². The molecule has 2 rings (SSSR count). The first kappa shape index (κ1) is 10.7. The lowest BCUT2D eigenvalue weighted by Crippen LogP contribution is -2.13.